The van der Waals surface area contributed by atoms with Crippen molar-refractivity contribution in [2.45, 2.75) is 6.61 Å². The molecule has 0 spiro atoms. The van der Waals surface area contributed by atoms with E-state index in [4.69, 9.17) is 27.9 Å². The first-order chi connectivity index (χ1) is 8.15. The quantitative estimate of drug-likeness (QED) is 0.785. The molecule has 88 valence electrons. The van der Waals surface area contributed by atoms with Crippen LogP contribution in [0.2, 0.25) is 10.0 Å². The third kappa shape index (κ3) is 3.35. The maximum Gasteiger partial charge on any atom is 0.123 e. The summed E-state index contributed by atoms with van der Waals surface area (Å²) >= 11 is 11.7. The van der Waals surface area contributed by atoms with Gasteiger partial charge in [0, 0.05) is 15.6 Å². The van der Waals surface area contributed by atoms with Gasteiger partial charge in [-0.3, -0.25) is 0 Å². The van der Waals surface area contributed by atoms with Crippen LogP contribution < -0.4 is 4.74 Å². The molecule has 0 aromatic heterocycles. The second-order valence-electron chi connectivity index (χ2n) is 3.48. The molecule has 0 radical (unpaired) electrons. The Bertz CT molecular complexity index is 529. The summed E-state index contributed by atoms with van der Waals surface area (Å²) in [7, 11) is 0. The lowest BCUT2D eigenvalue weighted by Crippen LogP contribution is -1.97. The molecule has 0 aliphatic heterocycles. The maximum atomic E-state index is 13.0. The van der Waals surface area contributed by atoms with Crippen molar-refractivity contribution in [2.75, 3.05) is 0 Å². The Morgan fingerprint density at radius 1 is 1.06 bits per heavy atom. The van der Waals surface area contributed by atoms with E-state index in [2.05, 4.69) is 0 Å². The van der Waals surface area contributed by atoms with Gasteiger partial charge in [0.2, 0.25) is 0 Å². The second-order valence-corrected chi connectivity index (χ2v) is 4.33. The predicted octanol–water partition coefficient (Wildman–Crippen LogP) is 4.71. The molecular formula is C13H9Cl2FO. The van der Waals surface area contributed by atoms with Crippen molar-refractivity contribution in [1.82, 2.24) is 0 Å². The lowest BCUT2D eigenvalue weighted by molar-refractivity contribution is 0.305. The van der Waals surface area contributed by atoms with E-state index < -0.39 is 0 Å². The number of halogens is 3. The molecule has 2 rings (SSSR count). The van der Waals surface area contributed by atoms with Crippen molar-refractivity contribution in [2.24, 2.45) is 0 Å². The third-order valence-electron chi connectivity index (χ3n) is 2.20. The zero-order valence-electron chi connectivity index (χ0n) is 8.79. The third-order valence-corrected chi connectivity index (χ3v) is 2.80. The molecule has 0 bridgehead atoms. The van der Waals surface area contributed by atoms with Gasteiger partial charge in [-0.1, -0.05) is 29.3 Å². The van der Waals surface area contributed by atoms with Crippen molar-refractivity contribution in [3.05, 3.63) is 63.9 Å². The first-order valence-corrected chi connectivity index (χ1v) is 5.73. The zero-order chi connectivity index (χ0) is 12.3. The fourth-order valence-corrected chi connectivity index (χ4v) is 1.72. The van der Waals surface area contributed by atoms with Crippen LogP contribution in [0.25, 0.3) is 0 Å². The maximum absolute atomic E-state index is 13.0. The van der Waals surface area contributed by atoms with E-state index in [-0.39, 0.29) is 12.4 Å². The summed E-state index contributed by atoms with van der Waals surface area (Å²) in [6.07, 6.45) is 0. The van der Waals surface area contributed by atoms with Crippen LogP contribution in [0, 0.1) is 5.82 Å². The van der Waals surface area contributed by atoms with Gasteiger partial charge in [0.1, 0.15) is 18.2 Å². The molecule has 0 atom stereocenters. The van der Waals surface area contributed by atoms with Crippen molar-refractivity contribution in [3.63, 3.8) is 0 Å². The van der Waals surface area contributed by atoms with Crippen LogP contribution in [0.1, 0.15) is 5.56 Å². The van der Waals surface area contributed by atoms with Crippen LogP contribution in [0.3, 0.4) is 0 Å². The molecule has 0 aliphatic carbocycles. The second kappa shape index (κ2) is 5.39. The highest BCUT2D eigenvalue weighted by Crippen LogP contribution is 2.21. The van der Waals surface area contributed by atoms with E-state index in [1.807, 2.05) is 0 Å². The Morgan fingerprint density at radius 2 is 1.88 bits per heavy atom. The van der Waals surface area contributed by atoms with E-state index in [9.17, 15) is 4.39 Å². The highest BCUT2D eigenvalue weighted by Gasteiger charge is 2.03. The minimum Gasteiger partial charge on any atom is -0.489 e. The highest BCUT2D eigenvalue weighted by molar-refractivity contribution is 6.31. The first kappa shape index (κ1) is 12.2. The van der Waals surface area contributed by atoms with Gasteiger partial charge in [0.05, 0.1) is 0 Å². The summed E-state index contributed by atoms with van der Waals surface area (Å²) in [5, 5.41) is 1.07. The Balaban J connectivity index is 2.09. The fraction of sp³-hybridized carbons (Fsp3) is 0.0769. The molecular weight excluding hydrogens is 262 g/mol. The predicted molar refractivity (Wildman–Crippen MR) is 67.2 cm³/mol. The number of hydrogen-bond donors (Lipinski definition) is 0. The lowest BCUT2D eigenvalue weighted by Gasteiger charge is -2.08. The van der Waals surface area contributed by atoms with Crippen molar-refractivity contribution in [3.8, 4) is 5.75 Å². The monoisotopic (exact) mass is 270 g/mol. The van der Waals surface area contributed by atoms with Gasteiger partial charge in [-0.2, -0.15) is 0 Å². The molecule has 0 saturated carbocycles. The van der Waals surface area contributed by atoms with Crippen LogP contribution in [0.15, 0.2) is 42.5 Å². The molecule has 2 aromatic rings. The van der Waals surface area contributed by atoms with Crippen LogP contribution in [0.5, 0.6) is 5.75 Å². The Morgan fingerprint density at radius 3 is 2.65 bits per heavy atom. The van der Waals surface area contributed by atoms with Crippen LogP contribution in [0.4, 0.5) is 4.39 Å². The first-order valence-electron chi connectivity index (χ1n) is 4.97. The van der Waals surface area contributed by atoms with Gasteiger partial charge in [-0.25, -0.2) is 4.39 Å². The lowest BCUT2D eigenvalue weighted by atomic mass is 10.2. The van der Waals surface area contributed by atoms with Gasteiger partial charge in [0.25, 0.3) is 0 Å². The van der Waals surface area contributed by atoms with Crippen molar-refractivity contribution >= 4 is 23.2 Å². The molecule has 0 saturated heterocycles. The van der Waals surface area contributed by atoms with E-state index in [0.29, 0.717) is 21.4 Å². The molecule has 0 N–H and O–H groups in total. The molecule has 17 heavy (non-hydrogen) atoms. The fourth-order valence-electron chi connectivity index (χ4n) is 1.37. The number of ether oxygens (including phenoxy) is 1. The van der Waals surface area contributed by atoms with E-state index in [1.54, 1.807) is 24.3 Å². The topological polar surface area (TPSA) is 9.23 Å². The molecule has 0 aliphatic rings. The largest absolute Gasteiger partial charge is 0.489 e. The number of hydrogen-bond acceptors (Lipinski definition) is 1. The number of rotatable bonds is 3. The summed E-state index contributed by atoms with van der Waals surface area (Å²) in [5.41, 5.74) is 0.603. The minimum atomic E-state index is -0.334. The number of benzene rings is 2. The molecule has 0 amide bonds. The summed E-state index contributed by atoms with van der Waals surface area (Å²) < 4.78 is 18.5. The highest BCUT2D eigenvalue weighted by atomic mass is 35.5. The zero-order valence-corrected chi connectivity index (χ0v) is 10.3. The molecule has 1 nitrogen and oxygen atoms in total. The van der Waals surface area contributed by atoms with Crippen LogP contribution >= 0.6 is 23.2 Å². The minimum absolute atomic E-state index is 0.205. The average Bonchev–Trinajstić information content (AvgIpc) is 2.30. The van der Waals surface area contributed by atoms with E-state index >= 15 is 0 Å². The molecule has 0 heterocycles. The standard InChI is InChI=1S/C13H9Cl2FO/c14-10-2-1-3-12(7-10)17-8-9-6-11(16)4-5-13(9)15/h1-7H,8H2. The van der Waals surface area contributed by atoms with Crippen molar-refractivity contribution in [1.29, 1.82) is 0 Å². The van der Waals surface area contributed by atoms with Crippen LogP contribution in [-0.2, 0) is 6.61 Å². The van der Waals surface area contributed by atoms with Gasteiger partial charge in [-0.15, -0.1) is 0 Å². The summed E-state index contributed by atoms with van der Waals surface area (Å²) in [5.74, 6) is 0.289. The molecule has 2 aromatic carbocycles. The smallest absolute Gasteiger partial charge is 0.123 e. The van der Waals surface area contributed by atoms with Crippen LogP contribution in [-0.4, -0.2) is 0 Å². The Hall–Kier alpha value is -1.25. The van der Waals surface area contributed by atoms with Gasteiger partial charge >= 0.3 is 0 Å². The molecule has 0 fully saturated rings. The van der Waals surface area contributed by atoms with Crippen molar-refractivity contribution < 1.29 is 9.13 Å². The molecule has 4 heteroatoms. The summed E-state index contributed by atoms with van der Waals surface area (Å²) in [4.78, 5) is 0. The van der Waals surface area contributed by atoms with Gasteiger partial charge in [0.15, 0.2) is 0 Å². The average molecular weight is 271 g/mol. The normalized spacial score (nSPS) is 10.3. The molecule has 0 unspecified atom stereocenters. The van der Waals surface area contributed by atoms with E-state index in [0.717, 1.165) is 0 Å². The van der Waals surface area contributed by atoms with E-state index in [1.165, 1.54) is 18.2 Å². The Labute approximate surface area is 109 Å². The van der Waals surface area contributed by atoms with Gasteiger partial charge in [-0.05, 0) is 36.4 Å². The van der Waals surface area contributed by atoms with Gasteiger partial charge < -0.3 is 4.74 Å². The SMILES string of the molecule is Fc1ccc(Cl)c(COc2cccc(Cl)c2)c1. The Kier molecular flexibility index (Phi) is 3.87. The summed E-state index contributed by atoms with van der Waals surface area (Å²) in [6, 6.07) is 11.2. The summed E-state index contributed by atoms with van der Waals surface area (Å²) in [6.45, 7) is 0.205.